The Morgan fingerprint density at radius 2 is 1.92 bits per heavy atom. The first kappa shape index (κ1) is 16.5. The highest BCUT2D eigenvalue weighted by Gasteiger charge is 2.37. The van der Waals surface area contributed by atoms with E-state index in [1.807, 2.05) is 56.8 Å². The summed E-state index contributed by atoms with van der Waals surface area (Å²) in [5.41, 5.74) is 1.48. The highest BCUT2D eigenvalue weighted by atomic mass is 16.5. The van der Waals surface area contributed by atoms with Crippen LogP contribution in [0.4, 0.5) is 0 Å². The Balaban J connectivity index is 2.18. The third kappa shape index (κ3) is 2.57. The first-order valence-corrected chi connectivity index (χ1v) is 8.16. The Morgan fingerprint density at radius 3 is 2.50 bits per heavy atom. The van der Waals surface area contributed by atoms with Crippen molar-refractivity contribution in [3.05, 3.63) is 59.7 Å². The third-order valence-electron chi connectivity index (χ3n) is 4.72. The predicted octanol–water partition coefficient (Wildman–Crippen LogP) is 3.78. The van der Waals surface area contributed by atoms with E-state index in [2.05, 4.69) is 17.1 Å². The summed E-state index contributed by atoms with van der Waals surface area (Å²) in [5.74, 6) is 0.864. The zero-order valence-electron chi connectivity index (χ0n) is 14.9. The minimum absolute atomic E-state index is 0.0100. The third-order valence-corrected chi connectivity index (χ3v) is 4.72. The minimum atomic E-state index is -1.12. The van der Waals surface area contributed by atoms with Crippen molar-refractivity contribution in [1.29, 1.82) is 0 Å². The van der Waals surface area contributed by atoms with Crippen molar-refractivity contribution in [2.75, 3.05) is 7.11 Å². The van der Waals surface area contributed by atoms with Gasteiger partial charge in [-0.2, -0.15) is 0 Å². The molecule has 1 heterocycles. The van der Waals surface area contributed by atoms with Crippen LogP contribution in [0.3, 0.4) is 0 Å². The topological polar surface area (TPSA) is 47.3 Å². The average Bonchev–Trinajstić information content (AvgIpc) is 2.99. The summed E-state index contributed by atoms with van der Waals surface area (Å²) < 4.78 is 7.26. The van der Waals surface area contributed by atoms with E-state index >= 15 is 0 Å². The van der Waals surface area contributed by atoms with Crippen LogP contribution in [0.1, 0.15) is 30.7 Å². The van der Waals surface area contributed by atoms with E-state index in [-0.39, 0.29) is 5.92 Å². The normalized spacial score (nSPS) is 14.1. The SMILES string of the molecule is COc1cc2ccc(C(O)(c3cn(C)cn3)C(C)C)cc2cc1C. The van der Waals surface area contributed by atoms with Crippen molar-refractivity contribution < 1.29 is 9.84 Å². The van der Waals surface area contributed by atoms with Gasteiger partial charge in [0.2, 0.25) is 0 Å². The van der Waals surface area contributed by atoms with Gasteiger partial charge in [-0.1, -0.05) is 26.0 Å². The molecular formula is C20H24N2O2. The molecule has 0 saturated heterocycles. The van der Waals surface area contributed by atoms with Crippen LogP contribution in [-0.4, -0.2) is 21.8 Å². The molecule has 0 bridgehead atoms. The summed E-state index contributed by atoms with van der Waals surface area (Å²) in [5, 5.41) is 13.6. The molecule has 1 unspecified atom stereocenters. The number of nitrogens with zero attached hydrogens (tertiary/aromatic N) is 2. The number of methoxy groups -OCH3 is 1. The molecule has 0 amide bonds. The number of aromatic nitrogens is 2. The fraction of sp³-hybridized carbons (Fsp3) is 0.350. The molecule has 0 saturated carbocycles. The lowest BCUT2D eigenvalue weighted by atomic mass is 9.80. The van der Waals surface area contributed by atoms with Gasteiger partial charge in [-0.3, -0.25) is 0 Å². The fourth-order valence-corrected chi connectivity index (χ4v) is 3.23. The number of rotatable bonds is 4. The Bertz CT molecular complexity index is 882. The van der Waals surface area contributed by atoms with Crippen LogP contribution in [0, 0.1) is 12.8 Å². The van der Waals surface area contributed by atoms with Gasteiger partial charge in [-0.15, -0.1) is 0 Å². The Morgan fingerprint density at radius 1 is 1.17 bits per heavy atom. The van der Waals surface area contributed by atoms with Gasteiger partial charge in [0.05, 0.1) is 19.1 Å². The minimum Gasteiger partial charge on any atom is -0.496 e. The van der Waals surface area contributed by atoms with Crippen molar-refractivity contribution in [2.24, 2.45) is 13.0 Å². The molecule has 0 spiro atoms. The number of aliphatic hydroxyl groups is 1. The van der Waals surface area contributed by atoms with Gasteiger partial charge in [0.15, 0.2) is 0 Å². The van der Waals surface area contributed by atoms with Crippen molar-refractivity contribution >= 4 is 10.8 Å². The zero-order chi connectivity index (χ0) is 17.5. The van der Waals surface area contributed by atoms with Crippen molar-refractivity contribution in [3.8, 4) is 5.75 Å². The van der Waals surface area contributed by atoms with Gasteiger partial charge in [0, 0.05) is 13.2 Å². The summed E-state index contributed by atoms with van der Waals surface area (Å²) in [4.78, 5) is 4.40. The van der Waals surface area contributed by atoms with E-state index in [9.17, 15) is 5.11 Å². The van der Waals surface area contributed by atoms with Crippen LogP contribution in [0.5, 0.6) is 5.75 Å². The molecule has 2 aromatic carbocycles. The fourth-order valence-electron chi connectivity index (χ4n) is 3.23. The van der Waals surface area contributed by atoms with Crippen molar-refractivity contribution in [1.82, 2.24) is 9.55 Å². The second-order valence-electron chi connectivity index (χ2n) is 6.73. The van der Waals surface area contributed by atoms with Gasteiger partial charge in [0.1, 0.15) is 11.4 Å². The van der Waals surface area contributed by atoms with Crippen LogP contribution >= 0.6 is 0 Å². The first-order valence-electron chi connectivity index (χ1n) is 8.16. The van der Waals surface area contributed by atoms with E-state index in [0.717, 1.165) is 27.6 Å². The van der Waals surface area contributed by atoms with Crippen molar-refractivity contribution in [2.45, 2.75) is 26.4 Å². The summed E-state index contributed by atoms with van der Waals surface area (Å²) in [7, 11) is 3.59. The lowest BCUT2D eigenvalue weighted by Crippen LogP contribution is -2.33. The van der Waals surface area contributed by atoms with Crippen LogP contribution in [-0.2, 0) is 12.6 Å². The smallest absolute Gasteiger partial charge is 0.135 e. The van der Waals surface area contributed by atoms with E-state index in [0.29, 0.717) is 5.69 Å². The van der Waals surface area contributed by atoms with E-state index in [1.54, 1.807) is 13.4 Å². The summed E-state index contributed by atoms with van der Waals surface area (Å²) >= 11 is 0. The Kier molecular flexibility index (Phi) is 4.10. The molecule has 3 aromatic rings. The number of imidazole rings is 1. The molecule has 24 heavy (non-hydrogen) atoms. The van der Waals surface area contributed by atoms with Crippen LogP contribution in [0.25, 0.3) is 10.8 Å². The van der Waals surface area contributed by atoms with E-state index in [4.69, 9.17) is 4.74 Å². The maximum Gasteiger partial charge on any atom is 0.135 e. The molecule has 1 atom stereocenters. The quantitative estimate of drug-likeness (QED) is 0.794. The molecule has 0 aliphatic carbocycles. The standard InChI is InChI=1S/C20H24N2O2/c1-13(2)20(23,19-11-22(4)12-21-19)17-7-6-15-10-18(24-5)14(3)8-16(15)9-17/h6-13,23H,1-5H3. The summed E-state index contributed by atoms with van der Waals surface area (Å²) in [6.07, 6.45) is 3.60. The lowest BCUT2D eigenvalue weighted by molar-refractivity contribution is 0.0280. The van der Waals surface area contributed by atoms with Gasteiger partial charge >= 0.3 is 0 Å². The molecule has 1 aromatic heterocycles. The molecule has 0 radical (unpaired) electrons. The van der Waals surface area contributed by atoms with E-state index in [1.165, 1.54) is 0 Å². The molecule has 4 heteroatoms. The predicted molar refractivity (Wildman–Crippen MR) is 96.3 cm³/mol. The molecule has 0 fully saturated rings. The van der Waals surface area contributed by atoms with E-state index < -0.39 is 5.60 Å². The highest BCUT2D eigenvalue weighted by molar-refractivity contribution is 5.86. The molecule has 0 aliphatic heterocycles. The Labute approximate surface area is 142 Å². The number of fused-ring (bicyclic) bond motifs is 1. The van der Waals surface area contributed by atoms with Crippen LogP contribution < -0.4 is 4.74 Å². The number of aryl methyl sites for hydroxylation is 2. The maximum absolute atomic E-state index is 11.5. The van der Waals surface area contributed by atoms with Gasteiger partial charge in [0.25, 0.3) is 0 Å². The molecule has 3 rings (SSSR count). The molecule has 4 nitrogen and oxygen atoms in total. The number of ether oxygens (including phenoxy) is 1. The van der Waals surface area contributed by atoms with Crippen LogP contribution in [0.2, 0.25) is 0 Å². The molecular weight excluding hydrogens is 300 g/mol. The van der Waals surface area contributed by atoms with Gasteiger partial charge < -0.3 is 14.4 Å². The molecule has 0 aliphatic rings. The largest absolute Gasteiger partial charge is 0.496 e. The Hall–Kier alpha value is -2.33. The van der Waals surface area contributed by atoms with Crippen LogP contribution in [0.15, 0.2) is 42.9 Å². The first-order chi connectivity index (χ1) is 11.4. The zero-order valence-corrected chi connectivity index (χ0v) is 14.9. The number of hydrogen-bond acceptors (Lipinski definition) is 3. The monoisotopic (exact) mass is 324 g/mol. The second-order valence-corrected chi connectivity index (χ2v) is 6.73. The molecule has 1 N–H and O–H groups in total. The number of benzene rings is 2. The van der Waals surface area contributed by atoms with Gasteiger partial charge in [-0.05, 0) is 52.9 Å². The average molecular weight is 324 g/mol. The van der Waals surface area contributed by atoms with Gasteiger partial charge in [-0.25, -0.2) is 4.98 Å². The summed E-state index contributed by atoms with van der Waals surface area (Å²) in [6.45, 7) is 6.05. The maximum atomic E-state index is 11.5. The highest BCUT2D eigenvalue weighted by Crippen LogP contribution is 2.37. The summed E-state index contributed by atoms with van der Waals surface area (Å²) in [6, 6.07) is 10.2. The lowest BCUT2D eigenvalue weighted by Gasteiger charge is -2.31. The number of hydrogen-bond donors (Lipinski definition) is 1. The molecule has 126 valence electrons. The second kappa shape index (κ2) is 5.95. The van der Waals surface area contributed by atoms with Crippen molar-refractivity contribution in [3.63, 3.8) is 0 Å².